The molecule has 3 saturated carbocycles. The molecule has 0 aromatic heterocycles. The van der Waals surface area contributed by atoms with E-state index in [2.05, 4.69) is 27.7 Å². The number of hydrogen-bond acceptors (Lipinski definition) is 0. The average molecular weight is 178 g/mol. The zero-order valence-electron chi connectivity index (χ0n) is 9.48. The lowest BCUT2D eigenvalue weighted by atomic mass is 9.78. The Morgan fingerprint density at radius 3 is 1.77 bits per heavy atom. The normalized spacial score (nSPS) is 47.1. The Hall–Kier alpha value is 0. The Morgan fingerprint density at radius 1 is 0.923 bits per heavy atom. The smallest absolute Gasteiger partial charge is 0.0153 e. The standard InChI is InChI=1S/C13H22/c1-11(2)12(3,4)13(11)8-9-5-6-10(13)7-9/h9-10H,5-8H2,1-4H3. The fourth-order valence-corrected chi connectivity index (χ4v) is 5.33. The lowest BCUT2D eigenvalue weighted by molar-refractivity contribution is 0.224. The van der Waals surface area contributed by atoms with Crippen LogP contribution < -0.4 is 0 Å². The van der Waals surface area contributed by atoms with Gasteiger partial charge in [0.05, 0.1) is 0 Å². The van der Waals surface area contributed by atoms with Crippen LogP contribution in [0.25, 0.3) is 0 Å². The second-order valence-electron chi connectivity index (χ2n) is 6.80. The maximum Gasteiger partial charge on any atom is -0.0153 e. The summed E-state index contributed by atoms with van der Waals surface area (Å²) in [5.41, 5.74) is 2.00. The van der Waals surface area contributed by atoms with Gasteiger partial charge in [0.25, 0.3) is 0 Å². The number of fused-ring (bicyclic) bond motifs is 3. The lowest BCUT2D eigenvalue weighted by Crippen LogP contribution is -2.19. The fourth-order valence-electron chi connectivity index (χ4n) is 5.33. The molecule has 0 nitrogen and oxygen atoms in total. The molecule has 13 heavy (non-hydrogen) atoms. The largest absolute Gasteiger partial charge is 0.0588 e. The Bertz CT molecular complexity index is 245. The van der Waals surface area contributed by atoms with E-state index in [0.29, 0.717) is 10.8 Å². The van der Waals surface area contributed by atoms with Crippen molar-refractivity contribution in [2.75, 3.05) is 0 Å². The van der Waals surface area contributed by atoms with Crippen molar-refractivity contribution in [2.45, 2.75) is 53.4 Å². The summed E-state index contributed by atoms with van der Waals surface area (Å²) in [6, 6.07) is 0. The summed E-state index contributed by atoms with van der Waals surface area (Å²) in [4.78, 5) is 0. The molecule has 0 N–H and O–H groups in total. The molecule has 2 unspecified atom stereocenters. The molecule has 1 spiro atoms. The van der Waals surface area contributed by atoms with Crippen LogP contribution in [0.1, 0.15) is 53.4 Å². The Labute approximate surface area is 82.1 Å². The first-order valence-electron chi connectivity index (χ1n) is 5.93. The first-order chi connectivity index (χ1) is 5.93. The van der Waals surface area contributed by atoms with Crippen molar-refractivity contribution in [3.63, 3.8) is 0 Å². The Morgan fingerprint density at radius 2 is 1.54 bits per heavy atom. The van der Waals surface area contributed by atoms with Crippen molar-refractivity contribution >= 4 is 0 Å². The molecule has 0 amide bonds. The molecule has 3 aliphatic rings. The zero-order valence-corrected chi connectivity index (χ0v) is 9.48. The summed E-state index contributed by atoms with van der Waals surface area (Å²) in [7, 11) is 0. The van der Waals surface area contributed by atoms with Crippen LogP contribution in [-0.2, 0) is 0 Å². The van der Waals surface area contributed by atoms with E-state index < -0.39 is 0 Å². The molecule has 2 atom stereocenters. The quantitative estimate of drug-likeness (QED) is 0.528. The monoisotopic (exact) mass is 178 g/mol. The Kier molecular flexibility index (Phi) is 1.19. The second kappa shape index (κ2) is 1.85. The van der Waals surface area contributed by atoms with E-state index in [-0.39, 0.29) is 0 Å². The minimum Gasteiger partial charge on any atom is -0.0588 e. The second-order valence-corrected chi connectivity index (χ2v) is 6.80. The van der Waals surface area contributed by atoms with Gasteiger partial charge in [-0.1, -0.05) is 34.1 Å². The van der Waals surface area contributed by atoms with Gasteiger partial charge in [0.1, 0.15) is 0 Å². The molecule has 0 aliphatic heterocycles. The molecule has 0 aromatic carbocycles. The van der Waals surface area contributed by atoms with E-state index in [4.69, 9.17) is 0 Å². The van der Waals surface area contributed by atoms with Crippen molar-refractivity contribution in [1.82, 2.24) is 0 Å². The molecule has 3 fully saturated rings. The summed E-state index contributed by atoms with van der Waals surface area (Å²) < 4.78 is 0. The number of rotatable bonds is 0. The molecule has 0 saturated heterocycles. The van der Waals surface area contributed by atoms with Crippen LogP contribution in [0, 0.1) is 28.1 Å². The van der Waals surface area contributed by atoms with Crippen LogP contribution in [-0.4, -0.2) is 0 Å². The van der Waals surface area contributed by atoms with Gasteiger partial charge in [-0.05, 0) is 47.3 Å². The van der Waals surface area contributed by atoms with Gasteiger partial charge in [0.2, 0.25) is 0 Å². The maximum atomic E-state index is 2.51. The van der Waals surface area contributed by atoms with Gasteiger partial charge in [-0.2, -0.15) is 0 Å². The predicted octanol–water partition coefficient (Wildman–Crippen LogP) is 3.86. The lowest BCUT2D eigenvalue weighted by Gasteiger charge is -2.26. The van der Waals surface area contributed by atoms with E-state index in [9.17, 15) is 0 Å². The predicted molar refractivity (Wildman–Crippen MR) is 55.4 cm³/mol. The van der Waals surface area contributed by atoms with Gasteiger partial charge >= 0.3 is 0 Å². The van der Waals surface area contributed by atoms with Crippen molar-refractivity contribution in [1.29, 1.82) is 0 Å². The highest BCUT2D eigenvalue weighted by molar-refractivity contribution is 5.29. The van der Waals surface area contributed by atoms with E-state index in [1.165, 1.54) is 6.42 Å². The van der Waals surface area contributed by atoms with Crippen molar-refractivity contribution in [3.05, 3.63) is 0 Å². The van der Waals surface area contributed by atoms with E-state index >= 15 is 0 Å². The summed E-state index contributed by atoms with van der Waals surface area (Å²) >= 11 is 0. The highest BCUT2D eigenvalue weighted by Crippen LogP contribution is 2.87. The van der Waals surface area contributed by atoms with Gasteiger partial charge in [0.15, 0.2) is 0 Å². The molecular formula is C13H22. The summed E-state index contributed by atoms with van der Waals surface area (Å²) in [5.74, 6) is 2.19. The molecule has 0 radical (unpaired) electrons. The van der Waals surface area contributed by atoms with Crippen LogP contribution in [0.4, 0.5) is 0 Å². The van der Waals surface area contributed by atoms with Crippen LogP contribution in [0.3, 0.4) is 0 Å². The summed E-state index contributed by atoms with van der Waals surface area (Å²) in [5, 5.41) is 0. The zero-order chi connectivity index (χ0) is 9.48. The maximum absolute atomic E-state index is 2.51. The van der Waals surface area contributed by atoms with Gasteiger partial charge < -0.3 is 0 Å². The molecule has 74 valence electrons. The van der Waals surface area contributed by atoms with Gasteiger partial charge in [0, 0.05) is 0 Å². The highest BCUT2D eigenvalue weighted by Gasteiger charge is 2.81. The SMILES string of the molecule is CC1(C)C(C)(C)C12CC1CCC2C1. The van der Waals surface area contributed by atoms with Crippen LogP contribution in [0.2, 0.25) is 0 Å². The Balaban J connectivity index is 2.02. The van der Waals surface area contributed by atoms with Gasteiger partial charge in [-0.3, -0.25) is 0 Å². The van der Waals surface area contributed by atoms with E-state index in [1.54, 1.807) is 19.3 Å². The topological polar surface area (TPSA) is 0 Å². The van der Waals surface area contributed by atoms with Crippen molar-refractivity contribution < 1.29 is 0 Å². The first kappa shape index (κ1) is 8.32. The van der Waals surface area contributed by atoms with Gasteiger partial charge in [-0.15, -0.1) is 0 Å². The molecule has 0 aromatic rings. The molecule has 3 aliphatic carbocycles. The summed E-state index contributed by atoms with van der Waals surface area (Å²) in [6.07, 6.45) is 6.20. The molecule has 3 rings (SSSR count). The molecule has 2 bridgehead atoms. The highest BCUT2D eigenvalue weighted by atomic mass is 14.8. The van der Waals surface area contributed by atoms with E-state index in [0.717, 1.165) is 17.3 Å². The van der Waals surface area contributed by atoms with Crippen LogP contribution >= 0.6 is 0 Å². The first-order valence-corrected chi connectivity index (χ1v) is 5.93. The van der Waals surface area contributed by atoms with Crippen LogP contribution in [0.5, 0.6) is 0 Å². The molecule has 0 heteroatoms. The van der Waals surface area contributed by atoms with Crippen molar-refractivity contribution in [3.8, 4) is 0 Å². The van der Waals surface area contributed by atoms with Crippen molar-refractivity contribution in [2.24, 2.45) is 28.1 Å². The third-order valence-corrected chi connectivity index (χ3v) is 6.58. The third kappa shape index (κ3) is 0.593. The molecular weight excluding hydrogens is 156 g/mol. The van der Waals surface area contributed by atoms with Gasteiger partial charge in [-0.25, -0.2) is 0 Å². The average Bonchev–Trinajstić information content (AvgIpc) is 2.58. The fraction of sp³-hybridized carbons (Fsp3) is 1.00. The van der Waals surface area contributed by atoms with Crippen LogP contribution in [0.15, 0.2) is 0 Å². The minimum atomic E-state index is 0.625. The van der Waals surface area contributed by atoms with E-state index in [1.807, 2.05) is 0 Å². The number of hydrogen-bond donors (Lipinski definition) is 0. The third-order valence-electron chi connectivity index (χ3n) is 6.58. The molecule has 0 heterocycles. The summed E-state index contributed by atoms with van der Waals surface area (Å²) in [6.45, 7) is 10.0. The minimum absolute atomic E-state index is 0.625.